The number of carboxylic acid groups (broad SMARTS) is 1. The van der Waals surface area contributed by atoms with Crippen LogP contribution in [-0.4, -0.2) is 23.7 Å². The zero-order valence-electron chi connectivity index (χ0n) is 12.0. The number of hydrogen-bond donors (Lipinski definition) is 1. The summed E-state index contributed by atoms with van der Waals surface area (Å²) in [7, 11) is 0. The number of rotatable bonds is 11. The van der Waals surface area contributed by atoms with Gasteiger partial charge in [0.1, 0.15) is 0 Å². The smallest absolute Gasteiger partial charge is 0.450 e. The van der Waals surface area contributed by atoms with Crippen LogP contribution in [0.25, 0.3) is 0 Å². The normalized spacial score (nSPS) is 14.2. The summed E-state index contributed by atoms with van der Waals surface area (Å²) in [6.45, 7) is 6.51. The molecule has 0 aromatic carbocycles. The highest BCUT2D eigenvalue weighted by molar-refractivity contribution is 5.57. The van der Waals surface area contributed by atoms with Crippen molar-refractivity contribution in [3.05, 3.63) is 0 Å². The summed E-state index contributed by atoms with van der Waals surface area (Å²) in [6.07, 6.45) is 6.99. The summed E-state index contributed by atoms with van der Waals surface area (Å²) < 4.78 is 10.5. The van der Waals surface area contributed by atoms with Gasteiger partial charge < -0.3 is 14.6 Å². The minimum atomic E-state index is -1.26. The average Bonchev–Trinajstić information content (AvgIpc) is 2.28. The first-order chi connectivity index (χ1) is 8.54. The topological polar surface area (TPSA) is 55.8 Å². The minimum absolute atomic E-state index is 0.551. The SMILES string of the molecule is CCCCCCCC(C)(OCCCC)OC(=O)O. The first-order valence-electron chi connectivity index (χ1n) is 7.10. The van der Waals surface area contributed by atoms with E-state index in [-0.39, 0.29) is 0 Å². The molecule has 4 heteroatoms. The van der Waals surface area contributed by atoms with Gasteiger partial charge in [-0.3, -0.25) is 0 Å². The van der Waals surface area contributed by atoms with E-state index in [1.54, 1.807) is 6.92 Å². The summed E-state index contributed by atoms with van der Waals surface area (Å²) >= 11 is 0. The van der Waals surface area contributed by atoms with Crippen LogP contribution in [-0.2, 0) is 9.47 Å². The summed E-state index contributed by atoms with van der Waals surface area (Å²) in [5.74, 6) is -0.979. The molecular formula is C14H28O4. The maximum absolute atomic E-state index is 10.7. The van der Waals surface area contributed by atoms with Crippen molar-refractivity contribution in [3.63, 3.8) is 0 Å². The fraction of sp³-hybridized carbons (Fsp3) is 0.929. The van der Waals surface area contributed by atoms with Crippen LogP contribution < -0.4 is 0 Å². The van der Waals surface area contributed by atoms with Crippen LogP contribution in [0.4, 0.5) is 4.79 Å². The number of carbonyl (C=O) groups is 1. The molecule has 0 bridgehead atoms. The van der Waals surface area contributed by atoms with Gasteiger partial charge in [-0.2, -0.15) is 0 Å². The molecule has 0 aliphatic rings. The van der Waals surface area contributed by atoms with Crippen molar-refractivity contribution in [1.82, 2.24) is 0 Å². The molecule has 0 aromatic heterocycles. The fourth-order valence-electron chi connectivity index (χ4n) is 1.82. The quantitative estimate of drug-likeness (QED) is 0.336. The van der Waals surface area contributed by atoms with E-state index in [9.17, 15) is 4.79 Å². The van der Waals surface area contributed by atoms with E-state index >= 15 is 0 Å². The van der Waals surface area contributed by atoms with Gasteiger partial charge in [-0.25, -0.2) is 4.79 Å². The van der Waals surface area contributed by atoms with Crippen LogP contribution in [0, 0.1) is 0 Å². The van der Waals surface area contributed by atoms with Gasteiger partial charge in [0.25, 0.3) is 0 Å². The van der Waals surface area contributed by atoms with Crippen LogP contribution in [0.3, 0.4) is 0 Å². The van der Waals surface area contributed by atoms with Gasteiger partial charge in [0.05, 0.1) is 6.61 Å². The monoisotopic (exact) mass is 260 g/mol. The van der Waals surface area contributed by atoms with Gasteiger partial charge in [-0.05, 0) is 12.8 Å². The molecule has 0 saturated carbocycles. The predicted octanol–water partition coefficient (Wildman–Crippen LogP) is 4.57. The van der Waals surface area contributed by atoms with E-state index < -0.39 is 11.9 Å². The minimum Gasteiger partial charge on any atom is -0.450 e. The van der Waals surface area contributed by atoms with E-state index in [1.165, 1.54) is 19.3 Å². The second kappa shape index (κ2) is 10.2. The molecule has 108 valence electrons. The summed E-state index contributed by atoms with van der Waals surface area (Å²) in [5, 5.41) is 8.74. The zero-order valence-corrected chi connectivity index (χ0v) is 12.0. The summed E-state index contributed by atoms with van der Waals surface area (Å²) in [4.78, 5) is 10.7. The van der Waals surface area contributed by atoms with Gasteiger partial charge in [0.15, 0.2) is 0 Å². The Labute approximate surface area is 111 Å². The largest absolute Gasteiger partial charge is 0.508 e. The van der Waals surface area contributed by atoms with Gasteiger partial charge >= 0.3 is 6.16 Å². The Balaban J connectivity index is 3.99. The van der Waals surface area contributed by atoms with Gasteiger partial charge in [-0.15, -0.1) is 0 Å². The lowest BCUT2D eigenvalue weighted by Crippen LogP contribution is -2.35. The van der Waals surface area contributed by atoms with Crippen molar-refractivity contribution in [1.29, 1.82) is 0 Å². The van der Waals surface area contributed by atoms with Crippen molar-refractivity contribution in [2.45, 2.75) is 77.9 Å². The number of hydrogen-bond acceptors (Lipinski definition) is 3. The average molecular weight is 260 g/mol. The molecule has 0 heterocycles. The Bertz CT molecular complexity index is 218. The summed E-state index contributed by atoms with van der Waals surface area (Å²) in [5.41, 5.74) is 0. The third-order valence-corrected chi connectivity index (χ3v) is 2.94. The Morgan fingerprint density at radius 3 is 2.22 bits per heavy atom. The molecule has 1 unspecified atom stereocenters. The molecule has 0 saturated heterocycles. The molecule has 0 spiro atoms. The molecule has 0 radical (unpaired) electrons. The Morgan fingerprint density at radius 2 is 1.67 bits per heavy atom. The van der Waals surface area contributed by atoms with Crippen molar-refractivity contribution < 1.29 is 19.4 Å². The Morgan fingerprint density at radius 1 is 1.06 bits per heavy atom. The molecule has 1 atom stereocenters. The van der Waals surface area contributed by atoms with Crippen molar-refractivity contribution in [2.75, 3.05) is 6.61 Å². The van der Waals surface area contributed by atoms with Crippen LogP contribution in [0.2, 0.25) is 0 Å². The lowest BCUT2D eigenvalue weighted by atomic mass is 10.1. The van der Waals surface area contributed by atoms with Crippen LogP contribution in [0.5, 0.6) is 0 Å². The van der Waals surface area contributed by atoms with Crippen LogP contribution in [0.15, 0.2) is 0 Å². The molecular weight excluding hydrogens is 232 g/mol. The first kappa shape index (κ1) is 17.2. The van der Waals surface area contributed by atoms with Gasteiger partial charge in [0.2, 0.25) is 5.79 Å². The van der Waals surface area contributed by atoms with Crippen molar-refractivity contribution >= 4 is 6.16 Å². The first-order valence-corrected chi connectivity index (χ1v) is 7.10. The van der Waals surface area contributed by atoms with Crippen LogP contribution >= 0.6 is 0 Å². The molecule has 0 aliphatic carbocycles. The highest BCUT2D eigenvalue weighted by atomic mass is 16.8. The van der Waals surface area contributed by atoms with Gasteiger partial charge in [0, 0.05) is 13.3 Å². The highest BCUT2D eigenvalue weighted by Crippen LogP contribution is 2.22. The maximum Gasteiger partial charge on any atom is 0.508 e. The Kier molecular flexibility index (Phi) is 9.74. The molecule has 1 N–H and O–H groups in total. The predicted molar refractivity (Wildman–Crippen MR) is 71.8 cm³/mol. The fourth-order valence-corrected chi connectivity index (χ4v) is 1.82. The molecule has 0 amide bonds. The maximum atomic E-state index is 10.7. The second-order valence-electron chi connectivity index (χ2n) is 4.87. The number of ether oxygens (including phenoxy) is 2. The van der Waals surface area contributed by atoms with Crippen molar-refractivity contribution in [3.8, 4) is 0 Å². The second-order valence-corrected chi connectivity index (χ2v) is 4.87. The van der Waals surface area contributed by atoms with Gasteiger partial charge in [-0.1, -0.05) is 46.0 Å². The zero-order chi connectivity index (χ0) is 13.9. The molecule has 0 rings (SSSR count). The van der Waals surface area contributed by atoms with E-state index in [1.807, 2.05) is 0 Å². The lowest BCUT2D eigenvalue weighted by Gasteiger charge is -2.28. The third-order valence-electron chi connectivity index (χ3n) is 2.94. The van der Waals surface area contributed by atoms with Crippen LogP contribution in [0.1, 0.15) is 72.1 Å². The highest BCUT2D eigenvalue weighted by Gasteiger charge is 2.29. The molecule has 4 nitrogen and oxygen atoms in total. The molecule has 0 fully saturated rings. The Hall–Kier alpha value is -0.770. The summed E-state index contributed by atoms with van der Waals surface area (Å²) in [6, 6.07) is 0. The van der Waals surface area contributed by atoms with E-state index in [2.05, 4.69) is 13.8 Å². The standard InChI is InChI=1S/C14H28O4/c1-4-6-8-9-10-11-14(3,18-13(15)16)17-12-7-5-2/h4-12H2,1-3H3,(H,15,16). The van der Waals surface area contributed by atoms with E-state index in [0.29, 0.717) is 13.0 Å². The third kappa shape index (κ3) is 9.28. The van der Waals surface area contributed by atoms with E-state index in [4.69, 9.17) is 14.6 Å². The molecule has 0 aliphatic heterocycles. The van der Waals surface area contributed by atoms with E-state index in [0.717, 1.165) is 25.7 Å². The lowest BCUT2D eigenvalue weighted by molar-refractivity contribution is -0.203. The molecule has 18 heavy (non-hydrogen) atoms. The molecule has 0 aromatic rings. The number of unbranched alkanes of at least 4 members (excludes halogenated alkanes) is 5. The van der Waals surface area contributed by atoms with Crippen molar-refractivity contribution in [2.24, 2.45) is 0 Å².